The summed E-state index contributed by atoms with van der Waals surface area (Å²) in [6.45, 7) is 0.441. The number of nitrogen functional groups attached to an aromatic ring is 1. The van der Waals surface area contributed by atoms with E-state index in [4.69, 9.17) is 5.73 Å². The van der Waals surface area contributed by atoms with Crippen molar-refractivity contribution in [3.8, 4) is 0 Å². The maximum atomic E-state index is 13.1. The van der Waals surface area contributed by atoms with Crippen LogP contribution in [-0.4, -0.2) is 67.5 Å². The van der Waals surface area contributed by atoms with Gasteiger partial charge >= 0.3 is 0 Å². The molecule has 14 nitrogen and oxygen atoms in total. The van der Waals surface area contributed by atoms with Gasteiger partial charge in [0, 0.05) is 29.7 Å². The largest absolute Gasteiger partial charge is 0.543 e. The van der Waals surface area contributed by atoms with Crippen LogP contribution in [-0.2, 0) is 26.2 Å². The Morgan fingerprint density at radius 2 is 2.16 bits per heavy atom. The number of carbonyl (C=O) groups excluding carboxylic acids is 4. The SMILES string of the molecule is C[n+]1cccc(N2CCC(=CC3=C(C(=O)[O-])N4C(=O)[C@@H](NC(=O)C(=NO)c5nsc(N)n5)[C@H]4CC3)C2=O)c1. The van der Waals surface area contributed by atoms with E-state index in [-0.39, 0.29) is 29.0 Å². The minimum atomic E-state index is -1.56. The summed E-state index contributed by atoms with van der Waals surface area (Å²) in [5, 5.41) is 26.8. The number of carboxylic acids is 1. The third kappa shape index (κ3) is 4.26. The van der Waals surface area contributed by atoms with Crippen molar-refractivity contribution >= 4 is 51.8 Å². The van der Waals surface area contributed by atoms with Gasteiger partial charge in [-0.05, 0) is 37.0 Å². The summed E-state index contributed by atoms with van der Waals surface area (Å²) >= 11 is 0.797. The van der Waals surface area contributed by atoms with Crippen molar-refractivity contribution in [1.82, 2.24) is 19.6 Å². The van der Waals surface area contributed by atoms with Gasteiger partial charge < -0.3 is 36.0 Å². The molecule has 3 aliphatic rings. The number of nitrogens with zero attached hydrogens (tertiary/aromatic N) is 6. The lowest BCUT2D eigenvalue weighted by Gasteiger charge is -2.51. The highest BCUT2D eigenvalue weighted by Crippen LogP contribution is 2.38. The second kappa shape index (κ2) is 9.66. The Labute approximate surface area is 219 Å². The van der Waals surface area contributed by atoms with E-state index in [1.54, 1.807) is 4.90 Å². The van der Waals surface area contributed by atoms with Gasteiger partial charge in [0.15, 0.2) is 17.5 Å². The van der Waals surface area contributed by atoms with Crippen molar-refractivity contribution in [3.63, 3.8) is 0 Å². The highest BCUT2D eigenvalue weighted by atomic mass is 32.1. The monoisotopic (exact) mass is 538 g/mol. The molecule has 0 bridgehead atoms. The fourth-order valence-electron chi connectivity index (χ4n) is 4.89. The second-order valence-corrected chi connectivity index (χ2v) is 9.72. The van der Waals surface area contributed by atoms with Crippen molar-refractivity contribution in [2.75, 3.05) is 17.2 Å². The molecule has 5 heterocycles. The number of nitrogens with one attached hydrogen (secondary N) is 1. The van der Waals surface area contributed by atoms with Gasteiger partial charge in [0.05, 0.1) is 17.7 Å². The molecule has 2 fully saturated rings. The zero-order chi connectivity index (χ0) is 27.1. The number of pyridine rings is 1. The van der Waals surface area contributed by atoms with Crippen LogP contribution < -0.4 is 25.6 Å². The summed E-state index contributed by atoms with van der Waals surface area (Å²) in [4.78, 5) is 57.2. The van der Waals surface area contributed by atoms with Crippen molar-refractivity contribution in [2.45, 2.75) is 31.3 Å². The standard InChI is InChI=1S/C23H22N8O6S/c1-29-7-2-3-13(10-29)30-8-6-12(20(30)33)9-11-4-5-14-15(21(34)31(14)17(11)22(35)36)25-19(32)16(27-37)18-26-23(24)38-28-18/h2-3,7,9-10,14-15H,4-6,8H2,1H3,(H4-,24,25,26,28,32,35,36,37)/t14-,15+/m1/s1. The van der Waals surface area contributed by atoms with Crippen LogP contribution in [0.4, 0.5) is 10.8 Å². The fourth-order valence-corrected chi connectivity index (χ4v) is 5.32. The first-order valence-electron chi connectivity index (χ1n) is 11.6. The second-order valence-electron chi connectivity index (χ2n) is 8.94. The Balaban J connectivity index is 1.35. The van der Waals surface area contributed by atoms with Gasteiger partial charge in [-0.3, -0.25) is 14.4 Å². The number of anilines is 2. The Hall–Kier alpha value is -4.66. The van der Waals surface area contributed by atoms with Crippen LogP contribution in [0.15, 0.2) is 52.6 Å². The molecule has 2 saturated heterocycles. The van der Waals surface area contributed by atoms with E-state index in [1.807, 2.05) is 36.1 Å². The Morgan fingerprint density at radius 3 is 2.82 bits per heavy atom. The number of aliphatic carboxylic acids is 1. The molecule has 3 aliphatic heterocycles. The number of hydrogen-bond donors (Lipinski definition) is 3. The smallest absolute Gasteiger partial charge is 0.278 e. The maximum Gasteiger partial charge on any atom is 0.278 e. The minimum Gasteiger partial charge on any atom is -0.543 e. The summed E-state index contributed by atoms with van der Waals surface area (Å²) in [5.41, 5.74) is 6.11. The third-order valence-electron chi connectivity index (χ3n) is 6.63. The molecule has 0 spiro atoms. The minimum absolute atomic E-state index is 0.0548. The van der Waals surface area contributed by atoms with Gasteiger partial charge in [0.25, 0.3) is 17.7 Å². The third-order valence-corrected chi connectivity index (χ3v) is 7.17. The number of rotatable bonds is 6. The summed E-state index contributed by atoms with van der Waals surface area (Å²) in [7, 11) is 1.85. The van der Waals surface area contributed by atoms with Gasteiger partial charge in [-0.15, -0.1) is 0 Å². The molecule has 5 rings (SSSR count). The number of aryl methyl sites for hydroxylation is 1. The number of fused-ring (bicyclic) bond motifs is 1. The van der Waals surface area contributed by atoms with Gasteiger partial charge in [-0.25, -0.2) is 4.57 Å². The predicted molar refractivity (Wildman–Crippen MR) is 129 cm³/mol. The van der Waals surface area contributed by atoms with Gasteiger partial charge in [-0.1, -0.05) is 5.16 Å². The van der Waals surface area contributed by atoms with Crippen LogP contribution >= 0.6 is 11.5 Å². The van der Waals surface area contributed by atoms with Crippen molar-refractivity contribution in [3.05, 3.63) is 53.3 Å². The molecule has 15 heteroatoms. The van der Waals surface area contributed by atoms with E-state index in [2.05, 4.69) is 19.8 Å². The lowest BCUT2D eigenvalue weighted by molar-refractivity contribution is -0.670. The molecular weight excluding hydrogens is 516 g/mol. The molecule has 196 valence electrons. The van der Waals surface area contributed by atoms with E-state index in [0.29, 0.717) is 30.5 Å². The summed E-state index contributed by atoms with van der Waals surface area (Å²) < 4.78 is 5.64. The number of β-lactam (4-membered cyclic amide) rings is 1. The van der Waals surface area contributed by atoms with Crippen LogP contribution in [0.5, 0.6) is 0 Å². The number of allylic oxidation sites excluding steroid dienone is 2. The summed E-state index contributed by atoms with van der Waals surface area (Å²) in [6, 6.07) is 1.93. The first-order chi connectivity index (χ1) is 18.2. The molecular formula is C23H22N8O6S. The molecule has 0 aromatic carbocycles. The van der Waals surface area contributed by atoms with Crippen molar-refractivity contribution < 1.29 is 34.1 Å². The van der Waals surface area contributed by atoms with Crippen molar-refractivity contribution in [2.24, 2.45) is 12.2 Å². The van der Waals surface area contributed by atoms with Crippen LogP contribution in [0.25, 0.3) is 0 Å². The lowest BCUT2D eigenvalue weighted by Crippen LogP contribution is -2.72. The molecule has 2 atom stereocenters. The first kappa shape index (κ1) is 25.0. The fraction of sp³-hybridized carbons (Fsp3) is 0.304. The predicted octanol–water partition coefficient (Wildman–Crippen LogP) is -2.02. The number of carbonyl (C=O) groups is 4. The Kier molecular flexibility index (Phi) is 6.36. The molecule has 2 aromatic heterocycles. The van der Waals surface area contributed by atoms with Gasteiger partial charge in [-0.2, -0.15) is 9.36 Å². The number of carboxylic acid groups (broad SMARTS) is 1. The first-order valence-corrected chi connectivity index (χ1v) is 12.3. The zero-order valence-corrected chi connectivity index (χ0v) is 20.8. The van der Waals surface area contributed by atoms with E-state index < -0.39 is 35.6 Å². The van der Waals surface area contributed by atoms with Gasteiger partial charge in [0.2, 0.25) is 11.5 Å². The van der Waals surface area contributed by atoms with Crippen LogP contribution in [0.3, 0.4) is 0 Å². The van der Waals surface area contributed by atoms with E-state index in [0.717, 1.165) is 22.1 Å². The number of hydrogen-bond acceptors (Lipinski definition) is 11. The van der Waals surface area contributed by atoms with Gasteiger partial charge in [0.1, 0.15) is 18.8 Å². The quantitative estimate of drug-likeness (QED) is 0.0928. The molecule has 0 radical (unpaired) electrons. The van der Waals surface area contributed by atoms with E-state index in [1.165, 1.54) is 6.08 Å². The highest BCUT2D eigenvalue weighted by Gasteiger charge is 2.52. The molecule has 4 N–H and O–H groups in total. The average molecular weight is 539 g/mol. The number of amides is 3. The van der Waals surface area contributed by atoms with Crippen LogP contribution in [0.2, 0.25) is 0 Å². The maximum absolute atomic E-state index is 13.1. The average Bonchev–Trinajstić information content (AvgIpc) is 3.47. The highest BCUT2D eigenvalue weighted by molar-refractivity contribution is 7.09. The Morgan fingerprint density at radius 1 is 1.37 bits per heavy atom. The lowest BCUT2D eigenvalue weighted by atomic mass is 9.83. The zero-order valence-electron chi connectivity index (χ0n) is 20.0. The molecule has 3 amide bonds. The van der Waals surface area contributed by atoms with Crippen LogP contribution in [0.1, 0.15) is 25.1 Å². The normalized spacial score (nSPS) is 22.6. The molecule has 38 heavy (non-hydrogen) atoms. The molecule has 2 aromatic rings. The Bertz CT molecular complexity index is 1460. The topological polar surface area (TPSA) is 198 Å². The molecule has 0 saturated carbocycles. The summed E-state index contributed by atoms with van der Waals surface area (Å²) in [5.74, 6) is -3.59. The molecule has 0 aliphatic carbocycles. The van der Waals surface area contributed by atoms with Crippen molar-refractivity contribution in [1.29, 1.82) is 0 Å². The van der Waals surface area contributed by atoms with Crippen LogP contribution in [0, 0.1) is 0 Å². The van der Waals surface area contributed by atoms with E-state index in [9.17, 15) is 29.5 Å². The number of aromatic nitrogens is 3. The number of nitrogens with two attached hydrogens (primary N) is 1. The summed E-state index contributed by atoms with van der Waals surface area (Å²) in [6.07, 6.45) is 6.17. The van der Waals surface area contributed by atoms with E-state index >= 15 is 0 Å². The number of oxime groups is 1. The molecule has 0 unspecified atom stereocenters.